The van der Waals surface area contributed by atoms with Gasteiger partial charge in [-0.25, -0.2) is 4.79 Å². The summed E-state index contributed by atoms with van der Waals surface area (Å²) in [4.78, 5) is 26.0. The molecule has 0 fully saturated rings. The Bertz CT molecular complexity index is 346. The van der Waals surface area contributed by atoms with Crippen LogP contribution < -0.4 is 0 Å². The Labute approximate surface area is 110 Å². The smallest absolute Gasteiger partial charge is 0.332 e. The predicted octanol–water partition coefficient (Wildman–Crippen LogP) is 0.747. The molecule has 0 saturated heterocycles. The summed E-state index contributed by atoms with van der Waals surface area (Å²) in [6.07, 6.45) is 0.587. The Balaban J connectivity index is 4.57. The van der Waals surface area contributed by atoms with Gasteiger partial charge in [-0.05, 0) is 5.92 Å². The molecule has 0 aromatic rings. The van der Waals surface area contributed by atoms with Gasteiger partial charge in [0.25, 0.3) is 6.79 Å². The number of hydrogen-bond donors (Lipinski definition) is 1. The van der Waals surface area contributed by atoms with Crippen molar-refractivity contribution in [3.8, 4) is 0 Å². The van der Waals surface area contributed by atoms with Gasteiger partial charge >= 0.3 is 11.9 Å². The van der Waals surface area contributed by atoms with Crippen LogP contribution in [-0.2, 0) is 19.2 Å². The number of aliphatic carboxylic acids is 1. The molecule has 0 saturated carbocycles. The Morgan fingerprint density at radius 2 is 2.11 bits per heavy atom. The molecule has 9 heteroatoms. The zero-order valence-electron chi connectivity index (χ0n) is 11.4. The molecule has 19 heavy (non-hydrogen) atoms. The van der Waals surface area contributed by atoms with Gasteiger partial charge in [0.15, 0.2) is 6.04 Å². The van der Waals surface area contributed by atoms with Crippen molar-refractivity contribution < 1.29 is 29.2 Å². The Morgan fingerprint density at radius 3 is 2.53 bits per heavy atom. The Morgan fingerprint density at radius 1 is 1.53 bits per heavy atom. The van der Waals surface area contributed by atoms with Crippen LogP contribution >= 0.6 is 0 Å². The molecule has 0 aromatic heterocycles. The molecule has 0 spiro atoms. The number of carbonyl (C=O) groups excluding carboxylic acids is 1. The minimum absolute atomic E-state index is 0.00838. The molecule has 0 aliphatic rings. The maximum absolute atomic E-state index is 11.5. The summed E-state index contributed by atoms with van der Waals surface area (Å²) in [6, 6.07) is -1.02. The molecule has 0 unspecified atom stereocenters. The van der Waals surface area contributed by atoms with E-state index in [1.807, 2.05) is 6.92 Å². The molecule has 0 bridgehead atoms. The first-order valence-corrected chi connectivity index (χ1v) is 5.70. The first-order chi connectivity index (χ1) is 8.81. The minimum Gasteiger partial charge on any atom is -0.569 e. The van der Waals surface area contributed by atoms with E-state index in [-0.39, 0.29) is 10.9 Å². The SMILES string of the molecule is CC[C@@H](C)[C@@H](C(=O)O)N(C)/[N+]([O-])=N/OCOC(C)=O. The lowest BCUT2D eigenvalue weighted by molar-refractivity contribution is -0.712. The lowest BCUT2D eigenvalue weighted by Gasteiger charge is -2.24. The number of esters is 1. The molecule has 0 aliphatic carbocycles. The van der Waals surface area contributed by atoms with E-state index in [4.69, 9.17) is 5.11 Å². The second-order valence-corrected chi connectivity index (χ2v) is 3.96. The average molecular weight is 277 g/mol. The number of carboxylic acids is 1. The highest BCUT2D eigenvalue weighted by molar-refractivity contribution is 5.73. The molecule has 0 heterocycles. The van der Waals surface area contributed by atoms with Crippen LogP contribution in [0.2, 0.25) is 0 Å². The first-order valence-electron chi connectivity index (χ1n) is 5.70. The van der Waals surface area contributed by atoms with Crippen LogP contribution in [0.1, 0.15) is 27.2 Å². The van der Waals surface area contributed by atoms with Crippen molar-refractivity contribution in [2.24, 2.45) is 11.2 Å². The molecular formula is C10H19N3O6. The van der Waals surface area contributed by atoms with Crippen LogP contribution in [0.5, 0.6) is 0 Å². The van der Waals surface area contributed by atoms with E-state index < -0.39 is 24.8 Å². The van der Waals surface area contributed by atoms with Crippen LogP contribution in [0.25, 0.3) is 0 Å². The van der Waals surface area contributed by atoms with E-state index in [9.17, 15) is 14.8 Å². The third-order valence-electron chi connectivity index (χ3n) is 2.55. The van der Waals surface area contributed by atoms with Crippen LogP contribution in [0, 0.1) is 11.1 Å². The van der Waals surface area contributed by atoms with Gasteiger partial charge in [0, 0.05) is 6.92 Å². The van der Waals surface area contributed by atoms with Gasteiger partial charge < -0.3 is 19.9 Å². The van der Waals surface area contributed by atoms with Gasteiger partial charge in [0.05, 0.1) is 12.0 Å². The molecule has 0 radical (unpaired) electrons. The number of carboxylic acid groups (broad SMARTS) is 1. The minimum atomic E-state index is -1.13. The van der Waals surface area contributed by atoms with Gasteiger partial charge in [-0.2, -0.15) is 0 Å². The standard InChI is InChI=1S/C10H19N3O6/c1-5-7(2)9(10(15)16)12(4)13(17)11-19-6-18-8(3)14/h7,9H,5-6H2,1-4H3,(H,15,16)/b13-11-/t7-,9+/m1/s1. The van der Waals surface area contributed by atoms with Crippen molar-refractivity contribution >= 4 is 11.9 Å². The second kappa shape index (κ2) is 8.11. The zero-order chi connectivity index (χ0) is 15.0. The van der Waals surface area contributed by atoms with Crippen molar-refractivity contribution in [1.29, 1.82) is 0 Å². The summed E-state index contributed by atoms with van der Waals surface area (Å²) >= 11 is 0. The van der Waals surface area contributed by atoms with Crippen molar-refractivity contribution in [3.05, 3.63) is 5.21 Å². The Hall–Kier alpha value is -2.06. The van der Waals surface area contributed by atoms with Gasteiger partial charge in [0.1, 0.15) is 0 Å². The van der Waals surface area contributed by atoms with Crippen molar-refractivity contribution in [3.63, 3.8) is 0 Å². The number of carbonyl (C=O) groups is 2. The molecule has 110 valence electrons. The monoisotopic (exact) mass is 277 g/mol. The summed E-state index contributed by atoms with van der Waals surface area (Å²) in [7, 11) is 1.29. The topological polar surface area (TPSA) is 114 Å². The molecule has 1 N–H and O–H groups in total. The van der Waals surface area contributed by atoms with Crippen LogP contribution in [0.15, 0.2) is 5.28 Å². The predicted molar refractivity (Wildman–Crippen MR) is 62.4 cm³/mol. The van der Waals surface area contributed by atoms with Gasteiger partial charge in [0.2, 0.25) is 5.28 Å². The molecule has 0 aliphatic heterocycles. The van der Waals surface area contributed by atoms with E-state index in [1.165, 1.54) is 14.0 Å². The lowest BCUT2D eigenvalue weighted by atomic mass is 9.99. The number of hydrazine groups is 1. The van der Waals surface area contributed by atoms with Crippen molar-refractivity contribution in [2.45, 2.75) is 33.2 Å². The maximum atomic E-state index is 11.5. The number of hydrogen-bond acceptors (Lipinski definition) is 6. The fourth-order valence-electron chi connectivity index (χ4n) is 1.34. The van der Waals surface area contributed by atoms with Gasteiger partial charge in [-0.15, -0.1) is 5.01 Å². The van der Waals surface area contributed by atoms with Crippen LogP contribution in [-0.4, -0.2) is 46.9 Å². The third kappa shape index (κ3) is 5.89. The molecular weight excluding hydrogens is 258 g/mol. The highest BCUT2D eigenvalue weighted by Crippen LogP contribution is 2.14. The summed E-state index contributed by atoms with van der Waals surface area (Å²) in [5.74, 6) is -1.96. The van der Waals surface area contributed by atoms with Crippen molar-refractivity contribution in [2.75, 3.05) is 13.8 Å². The van der Waals surface area contributed by atoms with Crippen LogP contribution in [0.3, 0.4) is 0 Å². The lowest BCUT2D eigenvalue weighted by Crippen LogP contribution is -2.46. The first kappa shape index (κ1) is 16.9. The number of ether oxygens (including phenoxy) is 1. The number of rotatable bonds is 8. The summed E-state index contributed by atoms with van der Waals surface area (Å²) in [6.45, 7) is 4.19. The quantitative estimate of drug-likeness (QED) is 0.174. The molecule has 0 aromatic carbocycles. The molecule has 0 rings (SSSR count). The third-order valence-corrected chi connectivity index (χ3v) is 2.55. The van der Waals surface area contributed by atoms with E-state index in [2.05, 4.69) is 14.9 Å². The summed E-state index contributed by atoms with van der Waals surface area (Å²) in [5, 5.41) is 24.6. The molecule has 0 amide bonds. The number of likely N-dealkylation sites (N-methyl/N-ethyl adjacent to an activating group) is 1. The normalized spacial score (nSPS) is 14.4. The Kier molecular flexibility index (Phi) is 7.23. The molecule has 9 nitrogen and oxygen atoms in total. The highest BCUT2D eigenvalue weighted by atomic mass is 16.8. The second-order valence-electron chi connectivity index (χ2n) is 3.96. The maximum Gasteiger partial charge on any atom is 0.332 e. The fraction of sp³-hybridized carbons (Fsp3) is 0.800. The van der Waals surface area contributed by atoms with Gasteiger partial charge in [-0.3, -0.25) is 4.79 Å². The van der Waals surface area contributed by atoms with Gasteiger partial charge in [-0.1, -0.05) is 20.3 Å². The van der Waals surface area contributed by atoms with E-state index in [0.29, 0.717) is 6.42 Å². The largest absolute Gasteiger partial charge is 0.569 e. The summed E-state index contributed by atoms with van der Waals surface area (Å²) in [5.41, 5.74) is 0. The molecule has 2 atom stereocenters. The van der Waals surface area contributed by atoms with Crippen molar-refractivity contribution in [1.82, 2.24) is 5.01 Å². The van der Waals surface area contributed by atoms with Crippen LogP contribution in [0.4, 0.5) is 0 Å². The number of nitrogens with zero attached hydrogens (tertiary/aromatic N) is 3. The average Bonchev–Trinajstić information content (AvgIpc) is 2.33. The van der Waals surface area contributed by atoms with E-state index in [0.717, 1.165) is 5.01 Å². The fourth-order valence-corrected chi connectivity index (χ4v) is 1.34. The van der Waals surface area contributed by atoms with E-state index in [1.54, 1.807) is 6.92 Å². The zero-order valence-corrected chi connectivity index (χ0v) is 11.4. The summed E-state index contributed by atoms with van der Waals surface area (Å²) < 4.78 is 4.39. The van der Waals surface area contributed by atoms with E-state index >= 15 is 0 Å². The highest BCUT2D eigenvalue weighted by Gasteiger charge is 2.33.